The quantitative estimate of drug-likeness (QED) is 0.0125. The van der Waals surface area contributed by atoms with Gasteiger partial charge in [-0.15, -0.1) is 0 Å². The molecule has 1 aromatic rings. The minimum atomic E-state index is -1.75. The first-order valence-electron chi connectivity index (χ1n) is 29.7. The number of imidazole rings is 1. The highest BCUT2D eigenvalue weighted by molar-refractivity contribution is 7.80. The second kappa shape index (κ2) is 42.2. The second-order valence-corrected chi connectivity index (χ2v) is 23.5. The van der Waals surface area contributed by atoms with Gasteiger partial charge < -0.3 is 109 Å². The normalized spacial score (nSPS) is 16.1. The molecular weight excluding hydrogens is 1310 g/mol. The number of likely N-dealkylation sites (tertiary alicyclic amines) is 1. The molecule has 526 valence electrons. The van der Waals surface area contributed by atoms with Gasteiger partial charge in [-0.25, -0.2) is 4.98 Å². The topological polar surface area (TPSA) is 615 Å². The maximum absolute atomic E-state index is 14.2. The van der Waals surface area contributed by atoms with Crippen molar-refractivity contribution in [3.63, 3.8) is 0 Å². The lowest BCUT2D eigenvalue weighted by molar-refractivity contribution is -0.143. The highest BCUT2D eigenvalue weighted by Crippen LogP contribution is 2.21. The highest BCUT2D eigenvalue weighted by Gasteiger charge is 2.41. The van der Waals surface area contributed by atoms with Gasteiger partial charge in [0.15, 0.2) is 5.96 Å². The molecule has 0 bridgehead atoms. The summed E-state index contributed by atoms with van der Waals surface area (Å²) < 4.78 is 0. The van der Waals surface area contributed by atoms with Gasteiger partial charge in [0.05, 0.1) is 31.8 Å². The molecule has 1 aliphatic heterocycles. The third-order valence-electron chi connectivity index (χ3n) is 14.1. The summed E-state index contributed by atoms with van der Waals surface area (Å²) >= 11 is 16.5. The lowest BCUT2D eigenvalue weighted by Crippen LogP contribution is -2.61. The molecule has 0 radical (unpaired) electrons. The zero-order chi connectivity index (χ0) is 70.9. The Kier molecular flexibility index (Phi) is 36.8. The van der Waals surface area contributed by atoms with Crippen molar-refractivity contribution < 1.29 is 71.9 Å². The summed E-state index contributed by atoms with van der Waals surface area (Å²) in [6, 6.07) is -16.6. The van der Waals surface area contributed by atoms with E-state index in [1.165, 1.54) is 19.4 Å². The van der Waals surface area contributed by atoms with E-state index in [2.05, 4.69) is 124 Å². The number of rotatable bonds is 43. The molecule has 1 aliphatic rings. The Labute approximate surface area is 563 Å². The third-order valence-corrected chi connectivity index (χ3v) is 15.6. The van der Waals surface area contributed by atoms with Gasteiger partial charge in [-0.2, -0.15) is 50.5 Å². The van der Waals surface area contributed by atoms with Gasteiger partial charge in [-0.1, -0.05) is 13.8 Å². The van der Waals surface area contributed by atoms with E-state index < -0.39 is 192 Å². The number of guanidine groups is 1. The summed E-state index contributed by atoms with van der Waals surface area (Å²) in [5, 5.41) is 26.7. The maximum atomic E-state index is 14.2. The molecule has 1 fully saturated rings. The maximum Gasteiger partial charge on any atom is 0.246 e. The molecule has 0 spiro atoms. The number of hydrogen-bond donors (Lipinski definition) is 23. The number of amides is 15. The number of carbonyl (C=O) groups is 15. The Bertz CT molecular complexity index is 2840. The van der Waals surface area contributed by atoms with Crippen LogP contribution in [-0.4, -0.2) is 231 Å². The molecule has 0 saturated carbocycles. The lowest BCUT2D eigenvalue weighted by atomic mass is 10.0. The smallest absolute Gasteiger partial charge is 0.246 e. The minimum Gasteiger partial charge on any atom is -0.370 e. The number of nitrogens with two attached hydrogens (primary N) is 7. The van der Waals surface area contributed by atoms with Crippen molar-refractivity contribution >= 4 is 145 Å². The molecule has 26 N–H and O–H groups in total. The monoisotopic (exact) mass is 1400 g/mol. The summed E-state index contributed by atoms with van der Waals surface area (Å²) in [5.41, 5.74) is 38.9. The largest absolute Gasteiger partial charge is 0.370 e. The number of primary amides is 3. The first-order chi connectivity index (χ1) is 44.3. The van der Waals surface area contributed by atoms with Crippen LogP contribution in [0.15, 0.2) is 17.5 Å². The SMILES string of the molecule is CC(C)[C@H](NC(=O)[C@@H]1CCCN1C(=O)[C@H](CC(N)=O)NC(=O)[C@H](C)NC(=O)[C@H](CS)NC(=O)[C@H](CS)NC(=O)[C@@H](N)CCCN=C(N)N)C(=O)N[C@@H](CS)C(=O)N[C@@H](CC(N)=O)C(=O)NCC(=O)N[C@@H](CCCCN)C(=O)N[C@@H](Cc1cnc[nH]1)C(=O)N[C@@H](CS)C(N)=O. The molecule has 2 heterocycles. The standard InChI is InChI=1S/C53H90N22O15S4/c1-24(2)40(74-50(88)36-10-7-13-75(36)52(90)31(16-38(57)77)69-42(80)25(3)65-47(85)33(20-92)72-49(87)34(21-93)71-43(81)27(55)8-6-12-62-53(59)60)51(89)73-35(22-94)48(86)68-30(15-37(56)76)44(82)63-18-39(78)66-28(9-4-5-11-54)45(83)67-29(14-26-17-61-23-64-26)46(84)70-32(19-91)41(58)79/h17,23-25,27-36,40,91-94H,4-16,18-22,54-55H2,1-3H3,(H2,56,76)(H2,57,77)(H2,58,79)(H,61,64)(H,63,82)(H,65,85)(H,66,78)(H,67,83)(H,68,86)(H,69,80)(H,70,84)(H,71,81)(H,72,87)(H,73,89)(H,74,88)(H4,59,60,62)/t25-,27-,28-,29-,30-,31-,32-,33-,34-,35-,36-,40-/m0/s1. The predicted molar refractivity (Wildman–Crippen MR) is 353 cm³/mol. The first-order valence-corrected chi connectivity index (χ1v) is 32.2. The van der Waals surface area contributed by atoms with Crippen molar-refractivity contribution in [3.05, 3.63) is 18.2 Å². The number of unbranched alkanes of at least 4 members (excludes halogenated alkanes) is 1. The summed E-state index contributed by atoms with van der Waals surface area (Å²) in [6.45, 7) is 3.87. The van der Waals surface area contributed by atoms with E-state index in [1.54, 1.807) is 13.8 Å². The van der Waals surface area contributed by atoms with E-state index in [-0.39, 0.29) is 75.0 Å². The number of nitrogens with zero attached hydrogens (tertiary/aromatic N) is 3. The van der Waals surface area contributed by atoms with Crippen LogP contribution in [0.2, 0.25) is 0 Å². The average Bonchev–Trinajstić information content (AvgIpc) is 1.61. The van der Waals surface area contributed by atoms with Gasteiger partial charge >= 0.3 is 0 Å². The molecule has 12 atom stereocenters. The molecule has 0 aliphatic carbocycles. The van der Waals surface area contributed by atoms with E-state index >= 15 is 0 Å². The molecule has 0 aromatic carbocycles. The fourth-order valence-corrected chi connectivity index (χ4v) is 10.0. The molecule has 1 aromatic heterocycles. The molecule has 2 rings (SSSR count). The van der Waals surface area contributed by atoms with E-state index in [0.29, 0.717) is 25.0 Å². The van der Waals surface area contributed by atoms with Gasteiger partial charge in [-0.05, 0) is 64.3 Å². The van der Waals surface area contributed by atoms with Gasteiger partial charge in [0.2, 0.25) is 88.6 Å². The average molecular weight is 1400 g/mol. The Balaban J connectivity index is 2.17. The first kappa shape index (κ1) is 81.9. The highest BCUT2D eigenvalue weighted by atomic mass is 32.1. The molecular formula is C53H90N22O15S4. The van der Waals surface area contributed by atoms with Crippen LogP contribution in [0.3, 0.4) is 0 Å². The van der Waals surface area contributed by atoms with Gasteiger partial charge in [0.25, 0.3) is 0 Å². The number of thiol groups is 4. The predicted octanol–water partition coefficient (Wildman–Crippen LogP) is -9.95. The lowest BCUT2D eigenvalue weighted by Gasteiger charge is -2.31. The summed E-state index contributed by atoms with van der Waals surface area (Å²) in [5.74, 6) is -15.9. The van der Waals surface area contributed by atoms with Crippen LogP contribution in [0.4, 0.5) is 0 Å². The molecule has 37 nitrogen and oxygen atoms in total. The number of aliphatic imine (C=N–C) groups is 1. The van der Waals surface area contributed by atoms with Crippen LogP contribution in [0.25, 0.3) is 0 Å². The van der Waals surface area contributed by atoms with E-state index in [1.807, 2.05) is 0 Å². The summed E-state index contributed by atoms with van der Waals surface area (Å²) in [7, 11) is 0. The van der Waals surface area contributed by atoms with Crippen LogP contribution in [0.5, 0.6) is 0 Å². The number of nitrogens with one attached hydrogen (secondary N) is 12. The number of hydrogen-bond acceptors (Lipinski definition) is 23. The van der Waals surface area contributed by atoms with Gasteiger partial charge in [0.1, 0.15) is 66.5 Å². The van der Waals surface area contributed by atoms with Crippen molar-refractivity contribution in [3.8, 4) is 0 Å². The van der Waals surface area contributed by atoms with E-state index in [4.69, 9.17) is 40.1 Å². The van der Waals surface area contributed by atoms with Crippen molar-refractivity contribution in [1.29, 1.82) is 0 Å². The Morgan fingerprint density at radius 1 is 0.585 bits per heavy atom. The molecule has 0 unspecified atom stereocenters. The third kappa shape index (κ3) is 28.6. The molecule has 15 amide bonds. The summed E-state index contributed by atoms with van der Waals surface area (Å²) in [6.07, 6.45) is 2.56. The van der Waals surface area contributed by atoms with Crippen molar-refractivity contribution in [2.24, 2.45) is 51.0 Å². The summed E-state index contributed by atoms with van der Waals surface area (Å²) in [4.78, 5) is 211. The zero-order valence-corrected chi connectivity index (χ0v) is 55.8. The van der Waals surface area contributed by atoms with Crippen LogP contribution in [0.1, 0.15) is 84.3 Å². The zero-order valence-electron chi connectivity index (χ0n) is 52.2. The van der Waals surface area contributed by atoms with E-state index in [0.717, 1.165) is 4.90 Å². The minimum absolute atomic E-state index is 0.00441. The van der Waals surface area contributed by atoms with E-state index in [9.17, 15) is 71.9 Å². The van der Waals surface area contributed by atoms with Gasteiger partial charge in [-0.3, -0.25) is 76.9 Å². The number of carbonyl (C=O) groups excluding carboxylic acids is 15. The van der Waals surface area contributed by atoms with Gasteiger partial charge in [0, 0.05) is 54.4 Å². The fourth-order valence-electron chi connectivity index (χ4n) is 8.97. The van der Waals surface area contributed by atoms with Crippen LogP contribution in [-0.2, 0) is 78.3 Å². The number of aromatic amines is 1. The molecule has 1 saturated heterocycles. The van der Waals surface area contributed by atoms with Crippen molar-refractivity contribution in [1.82, 2.24) is 73.4 Å². The Morgan fingerprint density at radius 2 is 1.10 bits per heavy atom. The van der Waals surface area contributed by atoms with Crippen LogP contribution < -0.4 is 98.6 Å². The second-order valence-electron chi connectivity index (χ2n) is 22.0. The Hall–Kier alpha value is -8.15. The van der Waals surface area contributed by atoms with Crippen LogP contribution in [0, 0.1) is 5.92 Å². The van der Waals surface area contributed by atoms with Crippen molar-refractivity contribution in [2.45, 2.75) is 157 Å². The van der Waals surface area contributed by atoms with Crippen LogP contribution >= 0.6 is 50.5 Å². The molecule has 94 heavy (non-hydrogen) atoms. The fraction of sp³-hybridized carbons (Fsp3) is 0.642. The number of aromatic nitrogens is 2. The Morgan fingerprint density at radius 3 is 1.63 bits per heavy atom. The molecule has 41 heteroatoms. The number of H-pyrrole nitrogens is 1. The van der Waals surface area contributed by atoms with Crippen molar-refractivity contribution in [2.75, 3.05) is 49.2 Å².